The van der Waals surface area contributed by atoms with Crippen LogP contribution in [0.3, 0.4) is 0 Å². The van der Waals surface area contributed by atoms with Crippen LogP contribution in [0.1, 0.15) is 113 Å². The number of pyridine rings is 1. The summed E-state index contributed by atoms with van der Waals surface area (Å²) in [5.74, 6) is 0.857. The van der Waals surface area contributed by atoms with Crippen molar-refractivity contribution in [3.05, 3.63) is 204 Å². The van der Waals surface area contributed by atoms with Gasteiger partial charge in [0, 0.05) is 32.7 Å². The van der Waals surface area contributed by atoms with E-state index in [-0.39, 0.29) is 27.4 Å². The van der Waals surface area contributed by atoms with Gasteiger partial charge in [-0.15, -0.1) is 0 Å². The maximum absolute atomic E-state index is 12.6. The van der Waals surface area contributed by atoms with Crippen molar-refractivity contribution in [1.29, 1.82) is 0 Å². The van der Waals surface area contributed by atoms with Gasteiger partial charge in [-0.05, 0) is 153 Å². The van der Waals surface area contributed by atoms with Gasteiger partial charge in [-0.1, -0.05) is 176 Å². The average Bonchev–Trinajstić information content (AvgIpc) is 3.77. The van der Waals surface area contributed by atoms with Crippen LogP contribution >= 0.6 is 0 Å². The first-order valence-corrected chi connectivity index (χ1v) is 24.5. The third kappa shape index (κ3) is 8.83. The van der Waals surface area contributed by atoms with Crippen molar-refractivity contribution in [2.75, 3.05) is 0 Å². The molecule has 1 aliphatic carbocycles. The van der Waals surface area contributed by atoms with Crippen LogP contribution in [-0.2, 0) is 21.7 Å². The van der Waals surface area contributed by atoms with Crippen molar-refractivity contribution in [2.45, 2.75) is 110 Å². The molecular formula is C65H65N3O. The largest absolute Gasteiger partial charge is 0.507 e. The summed E-state index contributed by atoms with van der Waals surface area (Å²) in [5.41, 5.74) is 15.9. The van der Waals surface area contributed by atoms with E-state index >= 15 is 0 Å². The average molecular weight is 907 g/mol. The molecule has 0 amide bonds. The molecular weight excluding hydrogens is 839 g/mol. The smallest absolute Gasteiger partial charge is 0.149 e. The number of para-hydroxylation sites is 1. The van der Waals surface area contributed by atoms with Crippen molar-refractivity contribution in [3.8, 4) is 67.5 Å². The van der Waals surface area contributed by atoms with Crippen LogP contribution in [0.15, 0.2) is 176 Å². The Kier molecular flexibility index (Phi) is 10.7. The molecule has 1 fully saturated rings. The van der Waals surface area contributed by atoms with Crippen LogP contribution in [0, 0.1) is 6.85 Å². The molecule has 1 N–H and O–H groups in total. The lowest BCUT2D eigenvalue weighted by Crippen LogP contribution is -2.36. The number of aryl methyl sites for hydroxylation is 1. The number of aromatic hydroxyl groups is 1. The second-order valence-corrected chi connectivity index (χ2v) is 22.1. The molecule has 0 aliphatic heterocycles. The molecule has 9 aromatic rings. The minimum absolute atomic E-state index is 0.0399. The van der Waals surface area contributed by atoms with E-state index in [1.165, 1.54) is 11.1 Å². The number of nitrogens with zero attached hydrogens (tertiary/aromatic N) is 3. The molecule has 2 heterocycles. The number of benzene rings is 7. The van der Waals surface area contributed by atoms with E-state index in [4.69, 9.17) is 14.1 Å². The number of phenolic OH excluding ortho intramolecular Hbond substituents is 1. The highest BCUT2D eigenvalue weighted by Crippen LogP contribution is 2.49. The zero-order valence-corrected chi connectivity index (χ0v) is 41.4. The lowest BCUT2D eigenvalue weighted by molar-refractivity contribution is 0.223. The fourth-order valence-electron chi connectivity index (χ4n) is 10.4. The lowest BCUT2D eigenvalue weighted by atomic mass is 9.61. The van der Waals surface area contributed by atoms with Crippen molar-refractivity contribution in [2.24, 2.45) is 0 Å². The Hall–Kier alpha value is -7.04. The summed E-state index contributed by atoms with van der Waals surface area (Å²) >= 11 is 0. The summed E-state index contributed by atoms with van der Waals surface area (Å²) in [6, 6.07) is 58.9. The summed E-state index contributed by atoms with van der Waals surface area (Å²) < 4.78 is 25.9. The molecule has 0 bridgehead atoms. The molecule has 0 saturated heterocycles. The number of hydrogen-bond acceptors (Lipinski definition) is 3. The van der Waals surface area contributed by atoms with Crippen molar-refractivity contribution in [3.63, 3.8) is 0 Å². The molecule has 0 radical (unpaired) electrons. The topological polar surface area (TPSA) is 50.9 Å². The standard InChI is InChI=1S/C65H65N3O/c1-43-23-25-44(26-24-43)46-31-36-66-57(40-46)48-37-47(38-51(39-48)62(2,3)4)54-21-16-22-58-59(54)67-61(56-42-52(63(5,6)7)41-55(60(56)69)45-17-12-10-13-18-45)68(58)53-29-27-50(28-30-53)65(9)34-32-64(8,33-35-65)49-19-14-11-15-20-49/h10-31,36-42,69H,32-35H2,1-9H3/i1D3. The second kappa shape index (κ2) is 17.5. The first-order chi connectivity index (χ1) is 34.2. The van der Waals surface area contributed by atoms with E-state index in [1.54, 1.807) is 12.1 Å². The Balaban J connectivity index is 1.14. The van der Waals surface area contributed by atoms with Crippen LogP contribution in [0.5, 0.6) is 5.75 Å². The molecule has 10 rings (SSSR count). The number of hydrogen-bond donors (Lipinski definition) is 1. The predicted molar refractivity (Wildman–Crippen MR) is 289 cm³/mol. The van der Waals surface area contributed by atoms with Crippen molar-refractivity contribution < 1.29 is 9.22 Å². The number of imidazole rings is 1. The molecule has 1 saturated carbocycles. The van der Waals surface area contributed by atoms with Crippen LogP contribution in [-0.4, -0.2) is 19.6 Å². The van der Waals surface area contributed by atoms with E-state index < -0.39 is 6.85 Å². The van der Waals surface area contributed by atoms with E-state index in [1.807, 2.05) is 42.6 Å². The van der Waals surface area contributed by atoms with Crippen molar-refractivity contribution in [1.82, 2.24) is 14.5 Å². The van der Waals surface area contributed by atoms with Crippen LogP contribution < -0.4 is 0 Å². The van der Waals surface area contributed by atoms with Gasteiger partial charge in [-0.3, -0.25) is 9.55 Å². The summed E-state index contributed by atoms with van der Waals surface area (Å²) in [5, 5.41) is 12.6. The third-order valence-corrected chi connectivity index (χ3v) is 15.1. The summed E-state index contributed by atoms with van der Waals surface area (Å²) in [7, 11) is 0. The van der Waals surface area contributed by atoms with Gasteiger partial charge in [0.25, 0.3) is 0 Å². The van der Waals surface area contributed by atoms with Gasteiger partial charge in [0.05, 0.1) is 22.3 Å². The molecule has 346 valence electrons. The monoisotopic (exact) mass is 907 g/mol. The van der Waals surface area contributed by atoms with E-state index in [0.717, 1.165) is 98.2 Å². The van der Waals surface area contributed by atoms with Gasteiger partial charge >= 0.3 is 0 Å². The molecule has 0 atom stereocenters. The summed E-state index contributed by atoms with van der Waals surface area (Å²) in [6.07, 6.45) is 6.29. The molecule has 0 unspecified atom stereocenters. The zero-order valence-electron chi connectivity index (χ0n) is 44.4. The predicted octanol–water partition coefficient (Wildman–Crippen LogP) is 17.2. The van der Waals surface area contributed by atoms with Gasteiger partial charge < -0.3 is 5.11 Å². The number of fused-ring (bicyclic) bond motifs is 1. The van der Waals surface area contributed by atoms with Crippen molar-refractivity contribution >= 4 is 11.0 Å². The molecule has 0 spiro atoms. The fourth-order valence-corrected chi connectivity index (χ4v) is 10.4. The van der Waals surface area contributed by atoms with E-state index in [2.05, 4.69) is 181 Å². The maximum Gasteiger partial charge on any atom is 0.149 e. The van der Waals surface area contributed by atoms with Gasteiger partial charge in [0.2, 0.25) is 0 Å². The number of aromatic nitrogens is 3. The summed E-state index contributed by atoms with van der Waals surface area (Å²) in [4.78, 5) is 10.6. The van der Waals surface area contributed by atoms with Gasteiger partial charge in [-0.2, -0.15) is 0 Å². The highest BCUT2D eigenvalue weighted by molar-refractivity contribution is 5.97. The van der Waals surface area contributed by atoms with Gasteiger partial charge in [-0.25, -0.2) is 4.98 Å². The van der Waals surface area contributed by atoms with Crippen LogP contribution in [0.25, 0.3) is 72.7 Å². The van der Waals surface area contributed by atoms with Crippen LogP contribution in [0.4, 0.5) is 0 Å². The Morgan fingerprint density at radius 3 is 1.75 bits per heavy atom. The van der Waals surface area contributed by atoms with Gasteiger partial charge in [0.15, 0.2) is 0 Å². The molecule has 7 aromatic carbocycles. The number of phenols is 1. The van der Waals surface area contributed by atoms with E-state index in [9.17, 15) is 5.11 Å². The minimum atomic E-state index is -2.17. The molecule has 2 aromatic heterocycles. The normalized spacial score (nSPS) is 18.4. The number of rotatable bonds is 8. The first kappa shape index (κ1) is 42.1. The minimum Gasteiger partial charge on any atom is -0.507 e. The maximum atomic E-state index is 12.6. The third-order valence-electron chi connectivity index (χ3n) is 15.1. The lowest BCUT2D eigenvalue weighted by Gasteiger charge is -2.44. The Labute approximate surface area is 414 Å². The van der Waals surface area contributed by atoms with E-state index in [0.29, 0.717) is 17.0 Å². The molecule has 4 nitrogen and oxygen atoms in total. The molecule has 1 aliphatic rings. The molecule has 69 heavy (non-hydrogen) atoms. The fraction of sp³-hybridized carbons (Fsp3) is 0.262. The van der Waals surface area contributed by atoms with Crippen LogP contribution in [0.2, 0.25) is 0 Å². The Morgan fingerprint density at radius 2 is 1.12 bits per heavy atom. The molecule has 4 heteroatoms. The second-order valence-electron chi connectivity index (χ2n) is 22.1. The summed E-state index contributed by atoms with van der Waals surface area (Å²) in [6.45, 7) is 16.0. The SMILES string of the molecule is [2H]C([2H])([2H])c1ccc(-c2ccnc(-c3cc(-c4cccc5c4nc(-c4cc(C(C)(C)C)cc(-c6ccccc6)c4O)n5-c4ccc(C5(C)CCC(C)(c6ccccc6)CC5)cc4)cc(C(C)(C)C)c3)c2)cc1. The quantitative estimate of drug-likeness (QED) is 0.165. The highest BCUT2D eigenvalue weighted by atomic mass is 16.3. The Bertz CT molecular complexity index is 3420. The van der Waals surface area contributed by atoms with Gasteiger partial charge in [0.1, 0.15) is 11.6 Å². The Morgan fingerprint density at radius 1 is 0.522 bits per heavy atom. The zero-order chi connectivity index (χ0) is 50.8. The first-order valence-electron chi connectivity index (χ1n) is 26.0. The highest BCUT2D eigenvalue weighted by Gasteiger charge is 2.39.